The molecule has 0 saturated carbocycles. The summed E-state index contributed by atoms with van der Waals surface area (Å²) in [6, 6.07) is -0.468. The first kappa shape index (κ1) is 16.0. The van der Waals surface area contributed by atoms with Crippen molar-refractivity contribution in [2.45, 2.75) is 62.6 Å². The molecule has 0 radical (unpaired) electrons. The van der Waals surface area contributed by atoms with E-state index in [9.17, 15) is 15.3 Å². The lowest BCUT2D eigenvalue weighted by atomic mass is 9.94. The minimum atomic E-state index is -1.11. The van der Waals surface area contributed by atoms with Crippen molar-refractivity contribution in [1.29, 1.82) is 0 Å². The molecule has 1 fully saturated rings. The Labute approximate surface area is 123 Å². The number of aliphatic hydroxyl groups excluding tert-OH is 3. The van der Waals surface area contributed by atoms with E-state index in [0.29, 0.717) is 6.42 Å². The van der Waals surface area contributed by atoms with E-state index >= 15 is 0 Å². The van der Waals surface area contributed by atoms with Gasteiger partial charge in [0.2, 0.25) is 0 Å². The standard InChI is InChI=1S/C13H24N2O4S/c1-4-6-15(3)13-14-8-9(17)10(18)11(7(16)5-2)19-12(8)20-13/h7-12,16-18H,4-6H2,1-3H3/t7-,8?,9?,10-,11?,12+/m0/s1. The number of thioether (sulfide) groups is 1. The van der Waals surface area contributed by atoms with Gasteiger partial charge in [0.15, 0.2) is 5.17 Å². The Balaban J connectivity index is 2.09. The smallest absolute Gasteiger partial charge is 0.162 e. The summed E-state index contributed by atoms with van der Waals surface area (Å²) >= 11 is 1.45. The number of ether oxygens (including phenoxy) is 1. The van der Waals surface area contributed by atoms with Crippen molar-refractivity contribution in [3.8, 4) is 0 Å². The molecule has 1 saturated heterocycles. The fourth-order valence-electron chi connectivity index (χ4n) is 2.54. The first-order valence-corrected chi connectivity index (χ1v) is 8.02. The highest BCUT2D eigenvalue weighted by Crippen LogP contribution is 2.38. The lowest BCUT2D eigenvalue weighted by Crippen LogP contribution is -2.58. The van der Waals surface area contributed by atoms with Crippen molar-refractivity contribution in [2.24, 2.45) is 4.99 Å². The van der Waals surface area contributed by atoms with Crippen LogP contribution in [-0.2, 0) is 4.74 Å². The van der Waals surface area contributed by atoms with Crippen molar-refractivity contribution in [2.75, 3.05) is 13.6 Å². The fraction of sp³-hybridized carbons (Fsp3) is 0.923. The third kappa shape index (κ3) is 2.96. The van der Waals surface area contributed by atoms with Gasteiger partial charge in [-0.25, -0.2) is 0 Å². The van der Waals surface area contributed by atoms with Gasteiger partial charge in [-0.2, -0.15) is 0 Å². The van der Waals surface area contributed by atoms with E-state index in [1.165, 1.54) is 11.8 Å². The van der Waals surface area contributed by atoms with E-state index in [2.05, 4.69) is 11.9 Å². The molecule has 2 aliphatic heterocycles. The van der Waals surface area contributed by atoms with Gasteiger partial charge in [-0.05, 0) is 12.8 Å². The van der Waals surface area contributed by atoms with Crippen LogP contribution in [0.15, 0.2) is 4.99 Å². The van der Waals surface area contributed by atoms with Gasteiger partial charge in [-0.1, -0.05) is 25.6 Å². The van der Waals surface area contributed by atoms with Crippen LogP contribution in [0.1, 0.15) is 26.7 Å². The fourth-order valence-corrected chi connectivity index (χ4v) is 3.75. The minimum Gasteiger partial charge on any atom is -0.390 e. The zero-order valence-corrected chi connectivity index (χ0v) is 13.0. The Hall–Kier alpha value is -0.340. The average molecular weight is 304 g/mol. The quantitative estimate of drug-likeness (QED) is 0.679. The predicted octanol–water partition coefficient (Wildman–Crippen LogP) is 0.0172. The van der Waals surface area contributed by atoms with E-state index < -0.39 is 30.5 Å². The molecule has 0 spiro atoms. The molecule has 0 amide bonds. The molecular formula is C13H24N2O4S. The number of aliphatic imine (C=N–C) groups is 1. The van der Waals surface area contributed by atoms with Gasteiger partial charge < -0.3 is 25.0 Å². The summed E-state index contributed by atoms with van der Waals surface area (Å²) in [5.74, 6) is 0. The third-order valence-electron chi connectivity index (χ3n) is 3.77. The van der Waals surface area contributed by atoms with Crippen molar-refractivity contribution in [3.63, 3.8) is 0 Å². The monoisotopic (exact) mass is 304 g/mol. The van der Waals surface area contributed by atoms with Crippen LogP contribution in [0.3, 0.4) is 0 Å². The lowest BCUT2D eigenvalue weighted by Gasteiger charge is -2.40. The molecule has 6 atom stereocenters. The van der Waals surface area contributed by atoms with Crippen LogP contribution >= 0.6 is 11.8 Å². The van der Waals surface area contributed by atoms with Gasteiger partial charge in [-0.3, -0.25) is 4.99 Å². The van der Waals surface area contributed by atoms with Crippen molar-refractivity contribution in [3.05, 3.63) is 0 Å². The maximum Gasteiger partial charge on any atom is 0.162 e. The molecule has 2 aliphatic rings. The highest BCUT2D eigenvalue weighted by atomic mass is 32.2. The van der Waals surface area contributed by atoms with E-state index in [-0.39, 0.29) is 5.44 Å². The van der Waals surface area contributed by atoms with Crippen molar-refractivity contribution < 1.29 is 20.1 Å². The average Bonchev–Trinajstić information content (AvgIpc) is 2.86. The number of rotatable bonds is 4. The summed E-state index contributed by atoms with van der Waals surface area (Å²) in [5.41, 5.74) is -0.339. The van der Waals surface area contributed by atoms with Gasteiger partial charge in [0.05, 0.1) is 6.10 Å². The molecular weight excluding hydrogens is 280 g/mol. The second kappa shape index (κ2) is 6.62. The first-order valence-electron chi connectivity index (χ1n) is 7.14. The Morgan fingerprint density at radius 2 is 2.05 bits per heavy atom. The number of hydrogen-bond donors (Lipinski definition) is 3. The summed E-state index contributed by atoms with van der Waals surface area (Å²) < 4.78 is 5.77. The number of nitrogens with zero attached hydrogens (tertiary/aromatic N) is 2. The highest BCUT2D eigenvalue weighted by molar-refractivity contribution is 8.14. The predicted molar refractivity (Wildman–Crippen MR) is 78.7 cm³/mol. The van der Waals surface area contributed by atoms with Gasteiger partial charge in [0, 0.05) is 13.6 Å². The van der Waals surface area contributed by atoms with Gasteiger partial charge >= 0.3 is 0 Å². The zero-order chi connectivity index (χ0) is 14.9. The zero-order valence-electron chi connectivity index (χ0n) is 12.1. The van der Waals surface area contributed by atoms with Gasteiger partial charge in [-0.15, -0.1) is 0 Å². The minimum absolute atomic E-state index is 0.339. The molecule has 0 aliphatic carbocycles. The molecule has 2 heterocycles. The molecule has 0 aromatic heterocycles. The molecule has 3 N–H and O–H groups in total. The molecule has 0 aromatic rings. The Bertz CT molecular complexity index is 368. The van der Waals surface area contributed by atoms with E-state index in [0.717, 1.165) is 18.1 Å². The second-order valence-electron chi connectivity index (χ2n) is 5.37. The highest BCUT2D eigenvalue weighted by Gasteiger charge is 2.50. The Kier molecular flexibility index (Phi) is 5.30. The summed E-state index contributed by atoms with van der Waals surface area (Å²) in [6.07, 6.45) is -2.16. The molecule has 116 valence electrons. The second-order valence-corrected chi connectivity index (χ2v) is 6.43. The van der Waals surface area contributed by atoms with Crippen molar-refractivity contribution >= 4 is 16.9 Å². The maximum atomic E-state index is 10.2. The van der Waals surface area contributed by atoms with E-state index in [4.69, 9.17) is 4.74 Å². The molecule has 7 heteroatoms. The normalized spacial score (nSPS) is 38.3. The molecule has 20 heavy (non-hydrogen) atoms. The summed E-state index contributed by atoms with van der Waals surface area (Å²) in [7, 11) is 1.95. The first-order chi connectivity index (χ1) is 9.49. The number of fused-ring (bicyclic) bond motifs is 1. The van der Waals surface area contributed by atoms with Crippen LogP contribution < -0.4 is 0 Å². The Morgan fingerprint density at radius 3 is 2.65 bits per heavy atom. The van der Waals surface area contributed by atoms with Crippen molar-refractivity contribution in [1.82, 2.24) is 4.90 Å². The van der Waals surface area contributed by atoms with Crippen LogP contribution in [0, 0.1) is 0 Å². The molecule has 3 unspecified atom stereocenters. The SMILES string of the molecule is CCCN(C)C1=NC2C(O)[C@H](O)C([C@@H](O)CC)O[C@@H]2S1. The molecule has 0 aromatic carbocycles. The number of amidine groups is 1. The van der Waals surface area contributed by atoms with Crippen LogP contribution in [0.2, 0.25) is 0 Å². The largest absolute Gasteiger partial charge is 0.390 e. The molecule has 6 nitrogen and oxygen atoms in total. The summed E-state index contributed by atoms with van der Waals surface area (Å²) in [5, 5.41) is 31.0. The summed E-state index contributed by atoms with van der Waals surface area (Å²) in [6.45, 7) is 4.79. The third-order valence-corrected chi connectivity index (χ3v) is 5.02. The number of hydrogen-bond acceptors (Lipinski definition) is 7. The molecule has 2 rings (SSSR count). The topological polar surface area (TPSA) is 85.5 Å². The van der Waals surface area contributed by atoms with Crippen LogP contribution in [-0.4, -0.2) is 74.9 Å². The lowest BCUT2D eigenvalue weighted by molar-refractivity contribution is -0.185. The maximum absolute atomic E-state index is 10.2. The number of aliphatic hydroxyl groups is 3. The van der Waals surface area contributed by atoms with E-state index in [1.807, 2.05) is 18.9 Å². The Morgan fingerprint density at radius 1 is 1.35 bits per heavy atom. The van der Waals surface area contributed by atoms with Gasteiger partial charge in [0.25, 0.3) is 0 Å². The van der Waals surface area contributed by atoms with Crippen LogP contribution in [0.5, 0.6) is 0 Å². The summed E-state index contributed by atoms with van der Waals surface area (Å²) in [4.78, 5) is 6.49. The molecule has 0 bridgehead atoms. The van der Waals surface area contributed by atoms with Gasteiger partial charge in [0.1, 0.15) is 29.8 Å². The van der Waals surface area contributed by atoms with Crippen LogP contribution in [0.4, 0.5) is 0 Å². The van der Waals surface area contributed by atoms with E-state index in [1.54, 1.807) is 0 Å². The van der Waals surface area contributed by atoms with Crippen LogP contribution in [0.25, 0.3) is 0 Å².